The van der Waals surface area contributed by atoms with Crippen LogP contribution in [0, 0.1) is 29.1 Å². The number of aromatic carboxylic acids is 1. The highest BCUT2D eigenvalue weighted by Gasteiger charge is 2.66. The molecule has 27 nitrogen and oxygen atoms in total. The molecular weight excluding hydrogens is 1360 g/mol. The van der Waals surface area contributed by atoms with Crippen LogP contribution in [0.1, 0.15) is 137 Å². The van der Waals surface area contributed by atoms with Crippen LogP contribution in [0.5, 0.6) is 0 Å². The number of urea groups is 1. The number of nitrogens with zero attached hydrogens (tertiary/aromatic N) is 6. The molecule has 0 saturated heterocycles. The van der Waals surface area contributed by atoms with Crippen LogP contribution in [0.15, 0.2) is 115 Å². The summed E-state index contributed by atoms with van der Waals surface area (Å²) in [6.45, 7) is 10.1. The number of hydrogen-bond donors (Lipinski definition) is 8. The molecule has 9 N–H and O–H groups in total. The van der Waals surface area contributed by atoms with Gasteiger partial charge in [0, 0.05) is 84.9 Å². The van der Waals surface area contributed by atoms with Gasteiger partial charge in [-0.05, 0) is 158 Å². The lowest BCUT2D eigenvalue weighted by Gasteiger charge is -2.69. The monoisotopic (exact) mass is 1450 g/mol. The number of aromatic nitrogens is 4. The number of hydrogen-bond acceptors (Lipinski definition) is 17. The van der Waals surface area contributed by atoms with Gasteiger partial charge in [-0.2, -0.15) is 13.5 Å². The Kier molecular flexibility index (Phi) is 22.3. The van der Waals surface area contributed by atoms with Crippen molar-refractivity contribution in [3.63, 3.8) is 0 Å². The van der Waals surface area contributed by atoms with Gasteiger partial charge in [-0.1, -0.05) is 94.0 Å². The lowest BCUT2D eigenvalue weighted by molar-refractivity contribution is -0.248. The molecule has 9 amide bonds. The van der Waals surface area contributed by atoms with E-state index in [1.807, 2.05) is 66.2 Å². The molecule has 0 spiro atoms. The van der Waals surface area contributed by atoms with Crippen molar-refractivity contribution in [3.8, 4) is 22.4 Å². The van der Waals surface area contributed by atoms with Crippen molar-refractivity contribution in [3.05, 3.63) is 138 Å². The lowest BCUT2D eigenvalue weighted by atomic mass is 9.39. The van der Waals surface area contributed by atoms with Crippen molar-refractivity contribution >= 4 is 107 Å². The molecule has 4 aromatic carbocycles. The maximum atomic E-state index is 13.9. The van der Waals surface area contributed by atoms with Crippen molar-refractivity contribution in [2.45, 2.75) is 143 Å². The number of carbonyl (C=O) groups is 9. The summed E-state index contributed by atoms with van der Waals surface area (Å²) in [7, 11) is -4.51. The second-order valence-corrected chi connectivity index (χ2v) is 31.5. The zero-order valence-corrected chi connectivity index (χ0v) is 59.8. The highest BCUT2D eigenvalue weighted by Crippen LogP contribution is 2.72. The molecule has 4 bridgehead atoms. The third-order valence-corrected chi connectivity index (χ3v) is 21.5. The summed E-state index contributed by atoms with van der Waals surface area (Å²) in [4.78, 5) is 128. The van der Waals surface area contributed by atoms with Crippen LogP contribution in [-0.2, 0) is 56.7 Å². The minimum Gasteiger partial charge on any atom is -0.476 e. The molecule has 4 saturated carbocycles. The molecule has 103 heavy (non-hydrogen) atoms. The number of pyridine rings is 1. The van der Waals surface area contributed by atoms with Crippen molar-refractivity contribution in [2.24, 2.45) is 27.9 Å². The van der Waals surface area contributed by atoms with Gasteiger partial charge in [-0.25, -0.2) is 24.4 Å². The Morgan fingerprint density at radius 3 is 2.22 bits per heavy atom. The van der Waals surface area contributed by atoms with Gasteiger partial charge >= 0.3 is 18.1 Å². The number of carboxylic acids is 1. The molecular formula is C74H86N12O15S2. The highest BCUT2D eigenvalue weighted by atomic mass is 32.2. The smallest absolute Gasteiger partial charge is 0.410 e. The van der Waals surface area contributed by atoms with Crippen LogP contribution in [0.3, 0.4) is 0 Å². The number of ether oxygens (including phenoxy) is 2. The first kappa shape index (κ1) is 74.2. The number of carboxylic acid groups (broad SMARTS) is 1. The van der Waals surface area contributed by atoms with E-state index in [0.717, 1.165) is 58.3 Å². The summed E-state index contributed by atoms with van der Waals surface area (Å²) in [5.74, 6) is -5.07. The van der Waals surface area contributed by atoms with Crippen molar-refractivity contribution < 1.29 is 70.7 Å². The number of carbonyl (C=O) groups excluding carboxylic acids is 8. The topological polar surface area (TPSA) is 383 Å². The largest absolute Gasteiger partial charge is 0.476 e. The third kappa shape index (κ3) is 18.1. The van der Waals surface area contributed by atoms with Gasteiger partial charge in [-0.3, -0.25) is 48.2 Å². The van der Waals surface area contributed by atoms with Gasteiger partial charge in [0.25, 0.3) is 27.8 Å². The van der Waals surface area contributed by atoms with Crippen LogP contribution in [-0.4, -0.2) is 157 Å². The minimum atomic E-state index is -4.51. The van der Waals surface area contributed by atoms with Gasteiger partial charge in [0.15, 0.2) is 10.8 Å². The summed E-state index contributed by atoms with van der Waals surface area (Å²) < 4.78 is 49.6. The molecule has 12 rings (SSSR count). The number of rotatable bonds is 32. The Bertz CT molecular complexity index is 4520. The molecule has 29 heteroatoms. The maximum absolute atomic E-state index is 13.9. The van der Waals surface area contributed by atoms with Crippen LogP contribution < -0.4 is 32.3 Å². The predicted molar refractivity (Wildman–Crippen MR) is 386 cm³/mol. The average molecular weight is 1450 g/mol. The number of thiazole rings is 1. The van der Waals surface area contributed by atoms with Crippen molar-refractivity contribution in [1.82, 2.24) is 45.5 Å². The Labute approximate surface area is 599 Å². The number of imide groups is 1. The second kappa shape index (κ2) is 30.9. The zero-order chi connectivity index (χ0) is 73.6. The van der Waals surface area contributed by atoms with E-state index in [4.69, 9.17) is 25.3 Å². The molecule has 5 aliphatic rings. The van der Waals surface area contributed by atoms with Gasteiger partial charge in [0.1, 0.15) is 18.7 Å². The number of unbranched alkanes of at least 4 members (excludes halogenated alkanes) is 2. The summed E-state index contributed by atoms with van der Waals surface area (Å²) in [5.41, 5.74) is 8.75. The lowest BCUT2D eigenvalue weighted by Crippen LogP contribution is -2.64. The molecule has 544 valence electrons. The van der Waals surface area contributed by atoms with Crippen LogP contribution in [0.4, 0.5) is 20.4 Å². The van der Waals surface area contributed by atoms with Crippen molar-refractivity contribution in [2.75, 3.05) is 49.2 Å². The fourth-order valence-corrected chi connectivity index (χ4v) is 17.6. The fraction of sp³-hybridized carbons (Fsp3) is 0.432. The Hall–Kier alpha value is -9.97. The third-order valence-electron chi connectivity index (χ3n) is 19.8. The number of amides is 9. The summed E-state index contributed by atoms with van der Waals surface area (Å²) in [6, 6.07) is 25.6. The van der Waals surface area contributed by atoms with Crippen LogP contribution >= 0.6 is 11.3 Å². The molecule has 4 fully saturated rings. The minimum absolute atomic E-state index is 0.0222. The first-order valence-electron chi connectivity index (χ1n) is 34.5. The van der Waals surface area contributed by atoms with E-state index < -0.39 is 75.9 Å². The summed E-state index contributed by atoms with van der Waals surface area (Å²) in [5, 5.41) is 31.3. The number of para-hydroxylation sites is 1. The molecule has 3 aromatic heterocycles. The van der Waals surface area contributed by atoms with E-state index in [9.17, 15) is 61.2 Å². The van der Waals surface area contributed by atoms with E-state index in [-0.39, 0.29) is 97.7 Å². The van der Waals surface area contributed by atoms with E-state index in [2.05, 4.69) is 45.4 Å². The second-order valence-electron chi connectivity index (χ2n) is 28.9. The predicted octanol–water partition coefficient (Wildman–Crippen LogP) is 9.79. The van der Waals surface area contributed by atoms with Gasteiger partial charge in [0.05, 0.1) is 40.1 Å². The number of benzene rings is 4. The van der Waals surface area contributed by atoms with E-state index in [1.165, 1.54) is 28.4 Å². The molecule has 4 aliphatic carbocycles. The summed E-state index contributed by atoms with van der Waals surface area (Å²) >= 11 is 1.38. The SMILES string of the molecule is Cc1c(-c2ccc(-c3ccc4cccc(C(=O)Nc5nc6ccccc6s5)c4c3)nc2C(=O)O)cnn1CC12CC3(C)CC(C)(C1)CC(OCCN(CCS(=O)(=O)O)C(=O)OCc1ccc(NC(=O)[C@H](CCCNC(N)=O)NC(=O)[C@@H](NC(=O)CCCCCN4C(=O)C=CC4=O)C(C)C)cc1)(C3)C2. The van der Waals surface area contributed by atoms with Crippen LogP contribution in [0.2, 0.25) is 0 Å². The number of nitrogens with two attached hydrogens (primary N) is 1. The van der Waals surface area contributed by atoms with Crippen molar-refractivity contribution in [1.29, 1.82) is 0 Å². The Balaban J connectivity index is 0.707. The standard InChI is InChI=1S/C74H86N12O15S2/c1-45(2)62(82-59(87)18-7-6-10-30-85-60(88)27-28-61(85)89)66(92)80-57(16-12-29-76-68(75)95)65(91)78-50-23-19-47(20-24-50)37-100-70(96)84(32-34-103(97,98)99)31-33-101-74-41-71(4)38-72(5,42-74)40-73(39-71,43-74)44-86-46(3)54(36-77-86)51-25-26-55(79-63(51)67(93)94)49-22-21-48-13-11-14-52(53(48)35-49)64(90)83-69-81-56-15-8-9-17-58(56)102-69/h8-9,11,13-15,17,19-28,35-36,45,57,62H,6-7,10,12,16,18,29-34,37-44H2,1-5H3,(H,78,91)(H,80,92)(H,82,87)(H,93,94)(H3,75,76,95)(H,81,83,90)(H,97,98,99)/t57-,62-,71?,72?,73?,74?/m0/s1. The molecule has 7 aromatic rings. The Morgan fingerprint density at radius 2 is 1.52 bits per heavy atom. The number of anilines is 2. The number of nitrogens with one attached hydrogen (secondary N) is 5. The number of primary amides is 1. The molecule has 1 aliphatic heterocycles. The first-order valence-corrected chi connectivity index (χ1v) is 36.9. The van der Waals surface area contributed by atoms with Gasteiger partial charge < -0.3 is 46.5 Å². The first-order chi connectivity index (χ1) is 49.0. The van der Waals surface area contributed by atoms with E-state index >= 15 is 0 Å². The molecule has 0 radical (unpaired) electrons. The highest BCUT2D eigenvalue weighted by molar-refractivity contribution is 7.85. The summed E-state index contributed by atoms with van der Waals surface area (Å²) in [6.07, 6.45) is 10.1. The van der Waals surface area contributed by atoms with Gasteiger partial charge in [0.2, 0.25) is 17.7 Å². The quantitative estimate of drug-likeness (QED) is 0.0110. The van der Waals surface area contributed by atoms with Gasteiger partial charge in [-0.15, -0.1) is 0 Å². The molecule has 4 heterocycles. The number of fused-ring (bicyclic) bond motifs is 2. The molecule has 2 unspecified atom stereocenters. The van der Waals surface area contributed by atoms with E-state index in [1.54, 1.807) is 62.5 Å². The Morgan fingerprint density at radius 1 is 0.786 bits per heavy atom. The zero-order valence-electron chi connectivity index (χ0n) is 58.1. The molecule has 4 atom stereocenters. The fourth-order valence-electron chi connectivity index (χ4n) is 16.3. The average Bonchev–Trinajstić information content (AvgIpc) is 0.895. The van der Waals surface area contributed by atoms with Crippen LogP contribution in [0.25, 0.3) is 43.4 Å². The normalized spacial score (nSPS) is 20.3. The maximum Gasteiger partial charge on any atom is 0.410 e. The van der Waals surface area contributed by atoms with E-state index in [0.29, 0.717) is 81.9 Å².